The van der Waals surface area contributed by atoms with E-state index in [1.165, 1.54) is 26.2 Å². The smallest absolute Gasteiger partial charge is 0.302 e. The van der Waals surface area contributed by atoms with Gasteiger partial charge in [-0.3, -0.25) is 4.79 Å². The maximum Gasteiger partial charge on any atom is 0.302 e. The van der Waals surface area contributed by atoms with Gasteiger partial charge in [0.15, 0.2) is 0 Å². The predicted molar refractivity (Wildman–Crippen MR) is 45.5 cm³/mol. The van der Waals surface area contributed by atoms with Crippen LogP contribution in [-0.4, -0.2) is 12.1 Å². The Bertz CT molecular complexity index is 198. The van der Waals surface area contributed by atoms with Crippen LogP contribution in [0.1, 0.15) is 33.1 Å². The zero-order valence-electron chi connectivity index (χ0n) is 7.75. The first-order chi connectivity index (χ1) is 5.68. The van der Waals surface area contributed by atoms with E-state index < -0.39 is 0 Å². The molecule has 2 nitrogen and oxygen atoms in total. The molecule has 0 aromatic rings. The van der Waals surface area contributed by atoms with E-state index in [4.69, 9.17) is 4.74 Å². The van der Waals surface area contributed by atoms with Crippen LogP contribution in [0, 0.1) is 17.8 Å². The van der Waals surface area contributed by atoms with Gasteiger partial charge in [-0.2, -0.15) is 0 Å². The fraction of sp³-hybridized carbons (Fsp3) is 0.900. The van der Waals surface area contributed by atoms with Crippen molar-refractivity contribution in [2.45, 2.75) is 39.2 Å². The molecule has 2 bridgehead atoms. The van der Waals surface area contributed by atoms with Gasteiger partial charge in [0.2, 0.25) is 0 Å². The highest BCUT2D eigenvalue weighted by Crippen LogP contribution is 2.49. The van der Waals surface area contributed by atoms with Crippen LogP contribution < -0.4 is 0 Å². The molecular formula is C10H16O2. The van der Waals surface area contributed by atoms with Gasteiger partial charge in [-0.1, -0.05) is 6.92 Å². The molecule has 0 N–H and O–H groups in total. The van der Waals surface area contributed by atoms with Gasteiger partial charge in [0.25, 0.3) is 0 Å². The second kappa shape index (κ2) is 2.75. The van der Waals surface area contributed by atoms with Crippen LogP contribution in [0.3, 0.4) is 0 Å². The summed E-state index contributed by atoms with van der Waals surface area (Å²) >= 11 is 0. The molecule has 0 saturated heterocycles. The first-order valence-electron chi connectivity index (χ1n) is 4.85. The number of fused-ring (bicyclic) bond motifs is 2. The van der Waals surface area contributed by atoms with E-state index in [0.717, 1.165) is 5.92 Å². The molecule has 2 saturated carbocycles. The van der Waals surface area contributed by atoms with Gasteiger partial charge in [0.1, 0.15) is 6.10 Å². The fourth-order valence-corrected chi connectivity index (χ4v) is 2.92. The van der Waals surface area contributed by atoms with Crippen LogP contribution in [0.5, 0.6) is 0 Å². The molecule has 0 radical (unpaired) electrons. The largest absolute Gasteiger partial charge is 0.462 e. The lowest BCUT2D eigenvalue weighted by Crippen LogP contribution is -2.29. The molecule has 0 aliphatic heterocycles. The van der Waals surface area contributed by atoms with Crippen molar-refractivity contribution in [3.63, 3.8) is 0 Å². The Hall–Kier alpha value is -0.530. The fourth-order valence-electron chi connectivity index (χ4n) is 2.92. The molecule has 2 aliphatic rings. The Balaban J connectivity index is 2.02. The highest BCUT2D eigenvalue weighted by molar-refractivity contribution is 5.66. The zero-order valence-corrected chi connectivity index (χ0v) is 7.75. The Morgan fingerprint density at radius 1 is 1.33 bits per heavy atom. The van der Waals surface area contributed by atoms with Crippen LogP contribution >= 0.6 is 0 Å². The molecule has 0 amide bonds. The third-order valence-electron chi connectivity index (χ3n) is 3.54. The van der Waals surface area contributed by atoms with Crippen molar-refractivity contribution in [1.82, 2.24) is 0 Å². The second-order valence-corrected chi connectivity index (χ2v) is 4.27. The summed E-state index contributed by atoms with van der Waals surface area (Å²) in [6.45, 7) is 3.73. The summed E-state index contributed by atoms with van der Waals surface area (Å²) in [5.41, 5.74) is 0. The van der Waals surface area contributed by atoms with Gasteiger partial charge < -0.3 is 4.74 Å². The van der Waals surface area contributed by atoms with Crippen molar-refractivity contribution in [3.05, 3.63) is 0 Å². The molecule has 0 aromatic heterocycles. The highest BCUT2D eigenvalue weighted by atomic mass is 16.5. The Labute approximate surface area is 73.3 Å². The summed E-state index contributed by atoms with van der Waals surface area (Å²) in [5.74, 6) is 2.00. The molecule has 0 aromatic carbocycles. The summed E-state index contributed by atoms with van der Waals surface area (Å²) in [5, 5.41) is 0. The summed E-state index contributed by atoms with van der Waals surface area (Å²) in [4.78, 5) is 10.8. The van der Waals surface area contributed by atoms with Gasteiger partial charge >= 0.3 is 5.97 Å². The number of ether oxygens (including phenoxy) is 1. The molecule has 68 valence electrons. The van der Waals surface area contributed by atoms with Crippen LogP contribution in [-0.2, 0) is 9.53 Å². The lowest BCUT2D eigenvalue weighted by atomic mass is 9.88. The number of hydrogen-bond donors (Lipinski definition) is 0. The molecule has 0 heterocycles. The molecule has 4 atom stereocenters. The van der Waals surface area contributed by atoms with Crippen LogP contribution in [0.4, 0.5) is 0 Å². The molecular weight excluding hydrogens is 152 g/mol. The van der Waals surface area contributed by atoms with E-state index in [0.29, 0.717) is 11.8 Å². The van der Waals surface area contributed by atoms with Crippen LogP contribution in [0.25, 0.3) is 0 Å². The average Bonchev–Trinajstić information content (AvgIpc) is 2.53. The Morgan fingerprint density at radius 2 is 2.00 bits per heavy atom. The van der Waals surface area contributed by atoms with E-state index in [9.17, 15) is 4.79 Å². The summed E-state index contributed by atoms with van der Waals surface area (Å²) in [7, 11) is 0. The lowest BCUT2D eigenvalue weighted by Gasteiger charge is -2.27. The van der Waals surface area contributed by atoms with E-state index in [2.05, 4.69) is 6.92 Å². The van der Waals surface area contributed by atoms with Crippen molar-refractivity contribution in [2.24, 2.45) is 17.8 Å². The van der Waals surface area contributed by atoms with Crippen molar-refractivity contribution >= 4 is 5.97 Å². The minimum atomic E-state index is -0.112. The third-order valence-corrected chi connectivity index (χ3v) is 3.54. The Morgan fingerprint density at radius 3 is 2.50 bits per heavy atom. The van der Waals surface area contributed by atoms with Crippen LogP contribution in [0.2, 0.25) is 0 Å². The minimum absolute atomic E-state index is 0.112. The van der Waals surface area contributed by atoms with Crippen molar-refractivity contribution in [2.75, 3.05) is 0 Å². The Kier molecular flexibility index (Phi) is 1.85. The standard InChI is InChI=1S/C10H16O2/c1-6-8-3-4-9(5-8)10(6)12-7(2)11/h6,8-10H,3-5H2,1-2H3/t6-,8-,9+,10+/m1/s1. The first-order valence-corrected chi connectivity index (χ1v) is 4.85. The summed E-state index contributed by atoms with van der Waals surface area (Å²) in [6.07, 6.45) is 4.15. The monoisotopic (exact) mass is 168 g/mol. The average molecular weight is 168 g/mol. The topological polar surface area (TPSA) is 26.3 Å². The molecule has 2 aliphatic carbocycles. The number of hydrogen-bond acceptors (Lipinski definition) is 2. The highest BCUT2D eigenvalue weighted by Gasteiger charge is 2.46. The van der Waals surface area contributed by atoms with Gasteiger partial charge in [0, 0.05) is 6.92 Å². The maximum absolute atomic E-state index is 10.8. The summed E-state index contributed by atoms with van der Waals surface area (Å²) < 4.78 is 5.32. The minimum Gasteiger partial charge on any atom is -0.462 e. The van der Waals surface area contributed by atoms with Gasteiger partial charge in [-0.15, -0.1) is 0 Å². The zero-order chi connectivity index (χ0) is 8.72. The number of carbonyl (C=O) groups excluding carboxylic acids is 1. The number of carbonyl (C=O) groups is 1. The third kappa shape index (κ3) is 1.13. The lowest BCUT2D eigenvalue weighted by molar-refractivity contribution is -0.151. The van der Waals surface area contributed by atoms with Crippen molar-refractivity contribution in [3.8, 4) is 0 Å². The number of esters is 1. The van der Waals surface area contributed by atoms with E-state index in [1.807, 2.05) is 0 Å². The van der Waals surface area contributed by atoms with Crippen LogP contribution in [0.15, 0.2) is 0 Å². The van der Waals surface area contributed by atoms with E-state index >= 15 is 0 Å². The van der Waals surface area contributed by atoms with Crippen molar-refractivity contribution in [1.29, 1.82) is 0 Å². The number of rotatable bonds is 1. The molecule has 2 heteroatoms. The first kappa shape index (κ1) is 8.09. The molecule has 12 heavy (non-hydrogen) atoms. The second-order valence-electron chi connectivity index (χ2n) is 4.27. The van der Waals surface area contributed by atoms with E-state index in [1.54, 1.807) is 0 Å². The SMILES string of the molecule is CC(=O)O[C@@H]1[C@H]2CC[C@H](C2)[C@H]1C. The predicted octanol–water partition coefficient (Wildman–Crippen LogP) is 1.98. The van der Waals surface area contributed by atoms with Gasteiger partial charge in [0.05, 0.1) is 0 Å². The van der Waals surface area contributed by atoms with Gasteiger partial charge in [-0.05, 0) is 37.0 Å². The molecule has 2 rings (SSSR count). The molecule has 0 unspecified atom stereocenters. The summed E-state index contributed by atoms with van der Waals surface area (Å²) in [6, 6.07) is 0. The quantitative estimate of drug-likeness (QED) is 0.560. The maximum atomic E-state index is 10.8. The molecule has 0 spiro atoms. The normalized spacial score (nSPS) is 44.8. The van der Waals surface area contributed by atoms with Gasteiger partial charge in [-0.25, -0.2) is 0 Å². The van der Waals surface area contributed by atoms with Crippen molar-refractivity contribution < 1.29 is 9.53 Å². The molecule has 2 fully saturated rings. The van der Waals surface area contributed by atoms with E-state index in [-0.39, 0.29) is 12.1 Å².